The second-order valence-corrected chi connectivity index (χ2v) is 5.89. The lowest BCUT2D eigenvalue weighted by molar-refractivity contribution is -0.121. The fourth-order valence-corrected chi connectivity index (χ4v) is 2.75. The predicted molar refractivity (Wildman–Crippen MR) is 102 cm³/mol. The van der Waals surface area contributed by atoms with Gasteiger partial charge in [0, 0.05) is 39.2 Å². The molecule has 1 atom stereocenters. The molecule has 152 valence electrons. The molecule has 3 N–H and O–H groups in total. The summed E-state index contributed by atoms with van der Waals surface area (Å²) in [4.78, 5) is 59.1. The maximum Gasteiger partial charge on any atom is 0.262 e. The Hall–Kier alpha value is -3.07. The van der Waals surface area contributed by atoms with Crippen LogP contribution in [0.1, 0.15) is 46.4 Å². The van der Waals surface area contributed by atoms with Gasteiger partial charge < -0.3 is 25.3 Å². The van der Waals surface area contributed by atoms with Crippen LogP contribution in [0.2, 0.25) is 0 Å². The second-order valence-electron chi connectivity index (χ2n) is 5.89. The van der Waals surface area contributed by atoms with Crippen LogP contribution in [0.4, 0.5) is 5.69 Å². The first-order valence-electron chi connectivity index (χ1n) is 8.83. The molecule has 0 fully saturated rings. The molecule has 0 aromatic heterocycles. The van der Waals surface area contributed by atoms with Crippen molar-refractivity contribution in [2.45, 2.75) is 31.7 Å². The lowest BCUT2D eigenvalue weighted by Gasteiger charge is -2.20. The number of nitrogens with zero attached hydrogens (tertiary/aromatic N) is 1. The largest absolute Gasteiger partial charge is 0.400 e. The molecular formula is C19H25N3O6. The number of unbranched alkanes of at least 4 members (excludes halogenated alkanes) is 1. The van der Waals surface area contributed by atoms with E-state index in [9.17, 15) is 24.0 Å². The number of aliphatic hydroxyl groups excluding tert-OH is 1. The molecule has 0 saturated heterocycles. The molecular weight excluding hydrogens is 366 g/mol. The average molecular weight is 391 g/mol. The molecule has 0 radical (unpaired) electrons. The fourth-order valence-electron chi connectivity index (χ4n) is 2.75. The van der Waals surface area contributed by atoms with Crippen molar-refractivity contribution < 1.29 is 29.1 Å². The Morgan fingerprint density at radius 1 is 1.18 bits per heavy atom. The van der Waals surface area contributed by atoms with Gasteiger partial charge in [0.1, 0.15) is 12.6 Å². The molecule has 0 saturated carbocycles. The average Bonchev–Trinajstić information content (AvgIpc) is 2.97. The van der Waals surface area contributed by atoms with Gasteiger partial charge in [0.05, 0.1) is 17.2 Å². The first-order valence-corrected chi connectivity index (χ1v) is 8.83. The van der Waals surface area contributed by atoms with E-state index in [4.69, 9.17) is 5.11 Å². The molecule has 3 amide bonds. The second kappa shape index (κ2) is 11.6. The Bertz CT molecular complexity index is 734. The highest BCUT2D eigenvalue weighted by Crippen LogP contribution is 2.28. The van der Waals surface area contributed by atoms with Gasteiger partial charge in [-0.05, 0) is 31.0 Å². The van der Waals surface area contributed by atoms with E-state index >= 15 is 0 Å². The number of aliphatic hydroxyl groups is 1. The van der Waals surface area contributed by atoms with Gasteiger partial charge in [-0.25, -0.2) is 0 Å². The number of rotatable bonds is 10. The van der Waals surface area contributed by atoms with Crippen LogP contribution < -0.4 is 10.6 Å². The SMILES string of the molecule is CNC(=O)CCC(C=O)N1C(=O)c2ccc(NCCCC=O)cc2C1=O.CO. The predicted octanol–water partition coefficient (Wildman–Crippen LogP) is 0.376. The molecule has 0 spiro atoms. The van der Waals surface area contributed by atoms with Crippen molar-refractivity contribution in [3.05, 3.63) is 29.3 Å². The minimum Gasteiger partial charge on any atom is -0.400 e. The van der Waals surface area contributed by atoms with Crippen molar-refractivity contribution in [1.29, 1.82) is 0 Å². The molecule has 1 aliphatic rings. The van der Waals surface area contributed by atoms with E-state index < -0.39 is 17.9 Å². The molecule has 1 aliphatic heterocycles. The monoisotopic (exact) mass is 391 g/mol. The summed E-state index contributed by atoms with van der Waals surface area (Å²) in [5.41, 5.74) is 1.12. The number of carbonyl (C=O) groups excluding carboxylic acids is 5. The van der Waals surface area contributed by atoms with Crippen LogP contribution in [-0.2, 0) is 14.4 Å². The van der Waals surface area contributed by atoms with E-state index in [1.165, 1.54) is 13.1 Å². The quantitative estimate of drug-likeness (QED) is 0.298. The first-order chi connectivity index (χ1) is 13.5. The Labute approximate surface area is 163 Å². The van der Waals surface area contributed by atoms with Crippen LogP contribution in [0.25, 0.3) is 0 Å². The number of fused-ring (bicyclic) bond motifs is 1. The highest BCUT2D eigenvalue weighted by molar-refractivity contribution is 6.22. The van der Waals surface area contributed by atoms with Crippen LogP contribution in [0.15, 0.2) is 18.2 Å². The number of nitrogens with one attached hydrogen (secondary N) is 2. The van der Waals surface area contributed by atoms with Crippen LogP contribution >= 0.6 is 0 Å². The number of benzene rings is 1. The maximum absolute atomic E-state index is 12.6. The lowest BCUT2D eigenvalue weighted by Crippen LogP contribution is -2.41. The van der Waals surface area contributed by atoms with Gasteiger partial charge in [0.15, 0.2) is 0 Å². The summed E-state index contributed by atoms with van der Waals surface area (Å²) >= 11 is 0. The minimum absolute atomic E-state index is 0.0385. The van der Waals surface area contributed by atoms with E-state index in [0.29, 0.717) is 31.4 Å². The summed E-state index contributed by atoms with van der Waals surface area (Å²) < 4.78 is 0. The smallest absolute Gasteiger partial charge is 0.262 e. The number of carbonyl (C=O) groups is 5. The summed E-state index contributed by atoms with van der Waals surface area (Å²) in [6.07, 6.45) is 2.57. The van der Waals surface area contributed by atoms with Crippen molar-refractivity contribution in [2.75, 3.05) is 26.0 Å². The van der Waals surface area contributed by atoms with Crippen LogP contribution in [-0.4, -0.2) is 67.0 Å². The molecule has 9 nitrogen and oxygen atoms in total. The van der Waals surface area contributed by atoms with Gasteiger partial charge >= 0.3 is 0 Å². The van der Waals surface area contributed by atoms with E-state index in [2.05, 4.69) is 10.6 Å². The number of hydrogen-bond acceptors (Lipinski definition) is 7. The van der Waals surface area contributed by atoms with Crippen molar-refractivity contribution in [1.82, 2.24) is 10.2 Å². The Morgan fingerprint density at radius 3 is 2.46 bits per heavy atom. The Morgan fingerprint density at radius 2 is 1.86 bits per heavy atom. The zero-order valence-electron chi connectivity index (χ0n) is 15.9. The zero-order valence-corrected chi connectivity index (χ0v) is 15.9. The number of amides is 3. The molecule has 28 heavy (non-hydrogen) atoms. The van der Waals surface area contributed by atoms with Gasteiger partial charge in [-0.1, -0.05) is 0 Å². The third kappa shape index (κ3) is 5.46. The van der Waals surface area contributed by atoms with Crippen molar-refractivity contribution in [3.8, 4) is 0 Å². The third-order valence-electron chi connectivity index (χ3n) is 4.18. The van der Waals surface area contributed by atoms with Crippen LogP contribution in [0.5, 0.6) is 0 Å². The van der Waals surface area contributed by atoms with Crippen LogP contribution in [0, 0.1) is 0 Å². The molecule has 9 heteroatoms. The normalized spacial score (nSPS) is 13.2. The summed E-state index contributed by atoms with van der Waals surface area (Å²) in [5, 5.41) is 12.5. The minimum atomic E-state index is -0.983. The molecule has 1 aromatic rings. The first kappa shape index (κ1) is 23.0. The van der Waals surface area contributed by atoms with Gasteiger partial charge in [-0.2, -0.15) is 0 Å². The number of anilines is 1. The summed E-state index contributed by atoms with van der Waals surface area (Å²) in [7, 11) is 2.48. The Balaban J connectivity index is 0.00000190. The molecule has 2 rings (SSSR count). The summed E-state index contributed by atoms with van der Waals surface area (Å²) in [5.74, 6) is -1.35. The van der Waals surface area contributed by atoms with Crippen molar-refractivity contribution in [2.24, 2.45) is 0 Å². The van der Waals surface area contributed by atoms with E-state index in [1.807, 2.05) is 0 Å². The molecule has 0 aliphatic carbocycles. The van der Waals surface area contributed by atoms with Gasteiger partial charge in [0.25, 0.3) is 11.8 Å². The van der Waals surface area contributed by atoms with Gasteiger partial charge in [-0.15, -0.1) is 0 Å². The third-order valence-corrected chi connectivity index (χ3v) is 4.18. The van der Waals surface area contributed by atoms with Gasteiger partial charge in [0.2, 0.25) is 5.91 Å². The van der Waals surface area contributed by atoms with Crippen molar-refractivity contribution >= 4 is 36.0 Å². The molecule has 1 unspecified atom stereocenters. The fraction of sp³-hybridized carbons (Fsp3) is 0.421. The molecule has 1 aromatic carbocycles. The van der Waals surface area contributed by atoms with E-state index in [-0.39, 0.29) is 29.9 Å². The standard InChI is InChI=1S/C18H21N3O5.CH4O/c1-19-16(24)7-5-13(11-23)21-17(25)14-6-4-12(10-15(14)18(21)26)20-8-2-3-9-22;1-2/h4,6,9-11,13,20H,2-3,5,7-8H2,1H3,(H,19,24);2H,1H3. The summed E-state index contributed by atoms with van der Waals surface area (Å²) in [6.45, 7) is 0.562. The lowest BCUT2D eigenvalue weighted by atomic mass is 10.1. The highest BCUT2D eigenvalue weighted by Gasteiger charge is 2.40. The van der Waals surface area contributed by atoms with E-state index in [1.54, 1.807) is 12.1 Å². The van der Waals surface area contributed by atoms with Crippen molar-refractivity contribution in [3.63, 3.8) is 0 Å². The van der Waals surface area contributed by atoms with Gasteiger partial charge in [-0.3, -0.25) is 19.3 Å². The highest BCUT2D eigenvalue weighted by atomic mass is 16.2. The Kier molecular flexibility index (Phi) is 9.52. The number of hydrogen-bond donors (Lipinski definition) is 3. The molecule has 1 heterocycles. The number of imide groups is 1. The van der Waals surface area contributed by atoms with E-state index in [0.717, 1.165) is 18.3 Å². The zero-order chi connectivity index (χ0) is 21.1. The van der Waals surface area contributed by atoms with Crippen LogP contribution in [0.3, 0.4) is 0 Å². The molecule has 0 bridgehead atoms. The maximum atomic E-state index is 12.6. The topological polar surface area (TPSA) is 133 Å². The number of aldehydes is 2. The summed E-state index contributed by atoms with van der Waals surface area (Å²) in [6, 6.07) is 3.80.